The maximum Gasteiger partial charge on any atom is 0.574 e. The molecular weight excluding hydrogens is 373 g/mol. The van der Waals surface area contributed by atoms with Gasteiger partial charge in [0.2, 0.25) is 5.88 Å². The molecule has 0 N–H and O–H groups in total. The van der Waals surface area contributed by atoms with Crippen LogP contribution in [0, 0.1) is 5.92 Å². The highest BCUT2D eigenvalue weighted by Crippen LogP contribution is 2.29. The number of likely N-dealkylation sites (tertiary alicyclic amines) is 1. The Balaban J connectivity index is 1.39. The van der Waals surface area contributed by atoms with Gasteiger partial charge in [-0.1, -0.05) is 6.07 Å². The predicted octanol–water partition coefficient (Wildman–Crippen LogP) is 3.94. The topological polar surface area (TPSA) is 51.7 Å². The zero-order valence-electron chi connectivity index (χ0n) is 15.9. The van der Waals surface area contributed by atoms with Crippen molar-refractivity contribution in [3.8, 4) is 5.88 Å². The summed E-state index contributed by atoms with van der Waals surface area (Å²) in [6.07, 6.45) is 0.115. The number of pyridine rings is 1. The molecule has 0 atom stereocenters. The third kappa shape index (κ3) is 6.44. The van der Waals surface area contributed by atoms with E-state index in [4.69, 9.17) is 4.74 Å². The van der Waals surface area contributed by atoms with Gasteiger partial charge in [-0.3, -0.25) is 4.79 Å². The summed E-state index contributed by atoms with van der Waals surface area (Å²) in [7, 11) is 0. The highest BCUT2D eigenvalue weighted by Gasteiger charge is 2.32. The second kappa shape index (κ2) is 9.69. The van der Waals surface area contributed by atoms with Crippen LogP contribution < -0.4 is 4.74 Å². The lowest BCUT2D eigenvalue weighted by molar-refractivity contribution is -0.276. The van der Waals surface area contributed by atoms with Crippen molar-refractivity contribution in [1.82, 2.24) is 9.88 Å². The zero-order chi connectivity index (χ0) is 20.0. The normalized spacial score (nSPS) is 20.2. The van der Waals surface area contributed by atoms with Crippen LogP contribution in [-0.4, -0.2) is 54.9 Å². The van der Waals surface area contributed by atoms with Gasteiger partial charge in [0, 0.05) is 43.2 Å². The second-order valence-electron chi connectivity index (χ2n) is 7.52. The SMILES string of the molecule is O=C(CCCN1CCC(c2cccc(OC(F)(F)F)n2)CC1)C1CCOCC1. The summed E-state index contributed by atoms with van der Waals surface area (Å²) in [5.41, 5.74) is 0.649. The Kier molecular flexibility index (Phi) is 7.29. The molecule has 3 heterocycles. The summed E-state index contributed by atoms with van der Waals surface area (Å²) in [5.74, 6) is 0.247. The largest absolute Gasteiger partial charge is 0.574 e. The van der Waals surface area contributed by atoms with Gasteiger partial charge in [-0.25, -0.2) is 4.98 Å². The van der Waals surface area contributed by atoms with Crippen LogP contribution in [0.4, 0.5) is 13.2 Å². The highest BCUT2D eigenvalue weighted by atomic mass is 19.4. The van der Waals surface area contributed by atoms with Crippen molar-refractivity contribution >= 4 is 5.78 Å². The predicted molar refractivity (Wildman–Crippen MR) is 97.1 cm³/mol. The minimum Gasteiger partial charge on any atom is -0.388 e. The molecule has 2 fully saturated rings. The van der Waals surface area contributed by atoms with E-state index in [1.54, 1.807) is 12.1 Å². The van der Waals surface area contributed by atoms with Crippen LogP contribution in [0.1, 0.15) is 50.1 Å². The first kappa shape index (κ1) is 21.0. The smallest absolute Gasteiger partial charge is 0.388 e. The average Bonchev–Trinajstić information content (AvgIpc) is 2.68. The molecule has 28 heavy (non-hydrogen) atoms. The number of alkyl halides is 3. The molecule has 3 rings (SSSR count). The molecule has 2 aliphatic rings. The molecule has 1 aromatic heterocycles. The number of rotatable bonds is 7. The third-order valence-corrected chi connectivity index (χ3v) is 5.55. The van der Waals surface area contributed by atoms with Crippen LogP contribution in [0.15, 0.2) is 18.2 Å². The minimum absolute atomic E-state index is 0.136. The van der Waals surface area contributed by atoms with Gasteiger partial charge in [-0.2, -0.15) is 0 Å². The third-order valence-electron chi connectivity index (χ3n) is 5.55. The second-order valence-corrected chi connectivity index (χ2v) is 7.52. The first-order valence-electron chi connectivity index (χ1n) is 9.96. The number of Topliss-reactive ketones (excluding diaryl/α,β-unsaturated/α-hetero) is 1. The summed E-state index contributed by atoms with van der Waals surface area (Å²) < 4.78 is 46.3. The number of ether oxygens (including phenoxy) is 2. The number of hydrogen-bond donors (Lipinski definition) is 0. The van der Waals surface area contributed by atoms with Crippen LogP contribution in [0.25, 0.3) is 0 Å². The number of nitrogens with zero attached hydrogens (tertiary/aromatic N) is 2. The van der Waals surface area contributed by atoms with Crippen LogP contribution in [-0.2, 0) is 9.53 Å². The summed E-state index contributed by atoms with van der Waals surface area (Å²) >= 11 is 0. The summed E-state index contributed by atoms with van der Waals surface area (Å²) in [5, 5.41) is 0. The van der Waals surface area contributed by atoms with Crippen molar-refractivity contribution < 1.29 is 27.4 Å². The van der Waals surface area contributed by atoms with Crippen LogP contribution in [0.3, 0.4) is 0 Å². The first-order chi connectivity index (χ1) is 13.4. The maximum absolute atomic E-state index is 12.4. The minimum atomic E-state index is -4.73. The van der Waals surface area contributed by atoms with Crippen LogP contribution >= 0.6 is 0 Å². The van der Waals surface area contributed by atoms with Crippen molar-refractivity contribution in [2.24, 2.45) is 5.92 Å². The van der Waals surface area contributed by atoms with Crippen molar-refractivity contribution in [3.63, 3.8) is 0 Å². The van der Waals surface area contributed by atoms with Crippen LogP contribution in [0.5, 0.6) is 5.88 Å². The molecule has 8 heteroatoms. The molecule has 0 bridgehead atoms. The van der Waals surface area contributed by atoms with E-state index in [1.165, 1.54) is 6.07 Å². The highest BCUT2D eigenvalue weighted by molar-refractivity contribution is 5.81. The van der Waals surface area contributed by atoms with Gasteiger partial charge in [0.1, 0.15) is 5.78 Å². The van der Waals surface area contributed by atoms with E-state index in [9.17, 15) is 18.0 Å². The zero-order valence-corrected chi connectivity index (χ0v) is 15.9. The number of carbonyl (C=O) groups excluding carboxylic acids is 1. The van der Waals surface area contributed by atoms with Crippen molar-refractivity contribution in [2.45, 2.75) is 50.8 Å². The van der Waals surface area contributed by atoms with Crippen molar-refractivity contribution in [3.05, 3.63) is 23.9 Å². The van der Waals surface area contributed by atoms with Crippen LogP contribution in [0.2, 0.25) is 0 Å². The van der Waals surface area contributed by atoms with Gasteiger partial charge in [-0.05, 0) is 57.8 Å². The Labute approximate surface area is 163 Å². The van der Waals surface area contributed by atoms with E-state index in [1.807, 2.05) is 0 Å². The molecule has 0 amide bonds. The Bertz CT molecular complexity index is 640. The fourth-order valence-corrected chi connectivity index (χ4v) is 3.99. The van der Waals surface area contributed by atoms with E-state index < -0.39 is 12.2 Å². The summed E-state index contributed by atoms with van der Waals surface area (Å²) in [6, 6.07) is 4.54. The van der Waals surface area contributed by atoms with Gasteiger partial charge < -0.3 is 14.4 Å². The van der Waals surface area contributed by atoms with Gasteiger partial charge in [0.25, 0.3) is 0 Å². The number of halogens is 3. The molecule has 2 saturated heterocycles. The van der Waals surface area contributed by atoms with Gasteiger partial charge in [-0.15, -0.1) is 13.2 Å². The molecule has 5 nitrogen and oxygen atoms in total. The Hall–Kier alpha value is -1.67. The van der Waals surface area contributed by atoms with E-state index in [-0.39, 0.29) is 11.8 Å². The number of ketones is 1. The fraction of sp³-hybridized carbons (Fsp3) is 0.700. The van der Waals surface area contributed by atoms with Gasteiger partial charge in [0.15, 0.2) is 0 Å². The number of aromatic nitrogens is 1. The van der Waals surface area contributed by atoms with Crippen molar-refractivity contribution in [2.75, 3.05) is 32.8 Å². The molecule has 0 saturated carbocycles. The number of hydrogen-bond acceptors (Lipinski definition) is 5. The molecule has 0 aliphatic carbocycles. The Morgan fingerprint density at radius 1 is 1.18 bits per heavy atom. The van der Waals surface area contributed by atoms with E-state index >= 15 is 0 Å². The summed E-state index contributed by atoms with van der Waals surface area (Å²) in [4.78, 5) is 18.6. The molecule has 156 valence electrons. The molecule has 0 unspecified atom stereocenters. The fourth-order valence-electron chi connectivity index (χ4n) is 3.99. The van der Waals surface area contributed by atoms with E-state index in [0.29, 0.717) is 31.1 Å². The van der Waals surface area contributed by atoms with Crippen molar-refractivity contribution in [1.29, 1.82) is 0 Å². The quantitative estimate of drug-likeness (QED) is 0.694. The van der Waals surface area contributed by atoms with E-state index in [0.717, 1.165) is 51.7 Å². The first-order valence-corrected chi connectivity index (χ1v) is 9.96. The Morgan fingerprint density at radius 3 is 2.57 bits per heavy atom. The molecule has 0 radical (unpaired) electrons. The molecular formula is C20H27F3N2O3. The Morgan fingerprint density at radius 2 is 1.89 bits per heavy atom. The molecule has 1 aromatic rings. The molecule has 0 spiro atoms. The van der Waals surface area contributed by atoms with Gasteiger partial charge >= 0.3 is 6.36 Å². The lowest BCUT2D eigenvalue weighted by Crippen LogP contribution is -2.34. The summed E-state index contributed by atoms with van der Waals surface area (Å²) in [6.45, 7) is 3.98. The lowest BCUT2D eigenvalue weighted by Gasteiger charge is -2.31. The monoisotopic (exact) mass is 400 g/mol. The molecule has 0 aromatic carbocycles. The van der Waals surface area contributed by atoms with Gasteiger partial charge in [0.05, 0.1) is 0 Å². The van der Waals surface area contributed by atoms with E-state index in [2.05, 4.69) is 14.6 Å². The standard InChI is InChI=1S/C20H27F3N2O3/c21-20(22,23)28-19-5-1-3-17(24-19)15-6-11-25(12-7-15)10-2-4-18(26)16-8-13-27-14-9-16/h1,3,5,15-16H,2,4,6-14H2. The molecule has 2 aliphatic heterocycles. The average molecular weight is 400 g/mol. The number of piperidine rings is 1. The maximum atomic E-state index is 12.4. The lowest BCUT2D eigenvalue weighted by atomic mass is 9.91. The number of carbonyl (C=O) groups is 1.